The second-order valence-corrected chi connectivity index (χ2v) is 7.50. The molecule has 3 fully saturated rings. The van der Waals surface area contributed by atoms with Gasteiger partial charge in [0.1, 0.15) is 0 Å². The van der Waals surface area contributed by atoms with Crippen LogP contribution < -0.4 is 5.32 Å². The number of thioether (sulfide) groups is 1. The summed E-state index contributed by atoms with van der Waals surface area (Å²) in [5.74, 6) is 2.60. The minimum Gasteiger partial charge on any atom is -0.381 e. The average Bonchev–Trinajstić information content (AvgIpc) is 3.10. The van der Waals surface area contributed by atoms with Crippen molar-refractivity contribution < 1.29 is 4.74 Å². The van der Waals surface area contributed by atoms with Crippen molar-refractivity contribution in [3.63, 3.8) is 0 Å². The third kappa shape index (κ3) is 3.21. The summed E-state index contributed by atoms with van der Waals surface area (Å²) in [5, 5.41) is 3.73. The fourth-order valence-corrected chi connectivity index (χ4v) is 4.13. The van der Waals surface area contributed by atoms with Crippen LogP contribution in [-0.2, 0) is 4.74 Å². The molecule has 18 heavy (non-hydrogen) atoms. The average molecular weight is 270 g/mol. The lowest BCUT2D eigenvalue weighted by Crippen LogP contribution is -2.50. The summed E-state index contributed by atoms with van der Waals surface area (Å²) in [6.45, 7) is 7.95. The molecule has 2 saturated heterocycles. The van der Waals surface area contributed by atoms with Crippen LogP contribution in [0, 0.1) is 5.41 Å². The minimum atomic E-state index is 0.388. The smallest absolute Gasteiger partial charge is 0.0547 e. The maximum Gasteiger partial charge on any atom is 0.0547 e. The van der Waals surface area contributed by atoms with E-state index in [0.29, 0.717) is 5.41 Å². The van der Waals surface area contributed by atoms with Gasteiger partial charge in [-0.3, -0.25) is 4.90 Å². The number of hydrogen-bond donors (Lipinski definition) is 1. The first kappa shape index (κ1) is 13.2. The van der Waals surface area contributed by atoms with E-state index in [0.717, 1.165) is 31.8 Å². The van der Waals surface area contributed by atoms with E-state index in [2.05, 4.69) is 28.9 Å². The molecule has 1 saturated carbocycles. The van der Waals surface area contributed by atoms with Crippen LogP contribution in [0.15, 0.2) is 0 Å². The molecule has 0 aromatic rings. The second kappa shape index (κ2) is 5.70. The van der Waals surface area contributed by atoms with Gasteiger partial charge in [-0.25, -0.2) is 0 Å². The Labute approximate surface area is 115 Å². The number of ether oxygens (including phenoxy) is 1. The van der Waals surface area contributed by atoms with E-state index in [1.165, 1.54) is 43.9 Å². The molecule has 1 N–H and O–H groups in total. The van der Waals surface area contributed by atoms with Gasteiger partial charge in [0, 0.05) is 55.2 Å². The first-order chi connectivity index (χ1) is 8.77. The lowest BCUT2D eigenvalue weighted by molar-refractivity contribution is 0.0956. The highest BCUT2D eigenvalue weighted by Gasteiger charge is 2.39. The molecule has 3 aliphatic rings. The van der Waals surface area contributed by atoms with E-state index in [1.54, 1.807) is 0 Å². The number of nitrogens with zero attached hydrogens (tertiary/aromatic N) is 1. The molecule has 0 aromatic carbocycles. The van der Waals surface area contributed by atoms with Crippen LogP contribution in [0.5, 0.6) is 0 Å². The van der Waals surface area contributed by atoms with E-state index >= 15 is 0 Å². The van der Waals surface area contributed by atoms with Crippen molar-refractivity contribution in [1.29, 1.82) is 0 Å². The highest BCUT2D eigenvalue weighted by atomic mass is 32.2. The van der Waals surface area contributed by atoms with Crippen molar-refractivity contribution in [2.45, 2.75) is 38.3 Å². The first-order valence-electron chi connectivity index (χ1n) is 7.40. The van der Waals surface area contributed by atoms with Gasteiger partial charge in [0.25, 0.3) is 0 Å². The van der Waals surface area contributed by atoms with Gasteiger partial charge in [0.15, 0.2) is 0 Å². The van der Waals surface area contributed by atoms with Gasteiger partial charge in [-0.05, 0) is 26.2 Å². The molecule has 0 amide bonds. The Morgan fingerprint density at radius 2 is 2.33 bits per heavy atom. The normalized spacial score (nSPS) is 38.2. The third-order valence-corrected chi connectivity index (χ3v) is 5.76. The van der Waals surface area contributed by atoms with Crippen LogP contribution in [0.2, 0.25) is 0 Å². The van der Waals surface area contributed by atoms with Gasteiger partial charge < -0.3 is 10.1 Å². The minimum absolute atomic E-state index is 0.388. The summed E-state index contributed by atoms with van der Waals surface area (Å²) in [7, 11) is 0. The van der Waals surface area contributed by atoms with E-state index in [4.69, 9.17) is 4.74 Å². The Bertz CT molecular complexity index is 277. The highest BCUT2D eigenvalue weighted by Crippen LogP contribution is 2.32. The molecule has 104 valence electrons. The number of hydrogen-bond acceptors (Lipinski definition) is 4. The zero-order valence-electron chi connectivity index (χ0n) is 11.5. The van der Waals surface area contributed by atoms with Crippen LogP contribution >= 0.6 is 11.8 Å². The van der Waals surface area contributed by atoms with Gasteiger partial charge in [0.2, 0.25) is 0 Å². The van der Waals surface area contributed by atoms with Gasteiger partial charge in [-0.1, -0.05) is 0 Å². The second-order valence-electron chi connectivity index (χ2n) is 6.35. The van der Waals surface area contributed by atoms with E-state index in [9.17, 15) is 0 Å². The molecule has 1 aliphatic carbocycles. The van der Waals surface area contributed by atoms with Crippen LogP contribution in [0.3, 0.4) is 0 Å². The molecular formula is C14H26N2OS. The van der Waals surface area contributed by atoms with Crippen molar-refractivity contribution in [1.82, 2.24) is 10.2 Å². The summed E-state index contributed by atoms with van der Waals surface area (Å²) in [6.07, 6.45) is 4.00. The number of nitrogens with one attached hydrogen (secondary N) is 1. The fourth-order valence-electron chi connectivity index (χ4n) is 3.05. The number of rotatable bonds is 5. The summed E-state index contributed by atoms with van der Waals surface area (Å²) >= 11 is 2.10. The van der Waals surface area contributed by atoms with Crippen molar-refractivity contribution >= 4 is 11.8 Å². The predicted molar refractivity (Wildman–Crippen MR) is 77.3 cm³/mol. The van der Waals surface area contributed by atoms with Crippen molar-refractivity contribution in [3.8, 4) is 0 Å². The molecular weight excluding hydrogens is 244 g/mol. The van der Waals surface area contributed by atoms with E-state index < -0.39 is 0 Å². The molecule has 0 aromatic heterocycles. The van der Waals surface area contributed by atoms with Gasteiger partial charge in [-0.15, -0.1) is 0 Å². The van der Waals surface area contributed by atoms with Crippen molar-refractivity contribution in [2.24, 2.45) is 5.41 Å². The molecule has 4 heteroatoms. The summed E-state index contributed by atoms with van der Waals surface area (Å²) in [4.78, 5) is 2.69. The Hall–Kier alpha value is 0.230. The van der Waals surface area contributed by atoms with Crippen LogP contribution in [-0.4, -0.2) is 61.3 Å². The lowest BCUT2D eigenvalue weighted by atomic mass is 9.86. The van der Waals surface area contributed by atoms with Crippen LogP contribution in [0.25, 0.3) is 0 Å². The zero-order chi connectivity index (χ0) is 12.4. The molecule has 2 heterocycles. The summed E-state index contributed by atoms with van der Waals surface area (Å²) < 4.78 is 5.72. The SMILES string of the molecule is CC1CSCCN1CC1(CNC2CC2)CCOC1. The van der Waals surface area contributed by atoms with Gasteiger partial charge in [0.05, 0.1) is 6.61 Å². The Morgan fingerprint density at radius 3 is 3.00 bits per heavy atom. The molecule has 2 aliphatic heterocycles. The third-order valence-electron chi connectivity index (χ3n) is 4.57. The lowest BCUT2D eigenvalue weighted by Gasteiger charge is -2.40. The molecule has 2 atom stereocenters. The van der Waals surface area contributed by atoms with Crippen molar-refractivity contribution in [2.75, 3.05) is 44.4 Å². The quantitative estimate of drug-likeness (QED) is 0.820. The Morgan fingerprint density at radius 1 is 1.44 bits per heavy atom. The largest absolute Gasteiger partial charge is 0.381 e. The molecule has 2 unspecified atom stereocenters. The van der Waals surface area contributed by atoms with Crippen LogP contribution in [0.1, 0.15) is 26.2 Å². The van der Waals surface area contributed by atoms with Gasteiger partial charge in [-0.2, -0.15) is 11.8 Å². The zero-order valence-corrected chi connectivity index (χ0v) is 12.3. The van der Waals surface area contributed by atoms with E-state index in [-0.39, 0.29) is 0 Å². The predicted octanol–water partition coefficient (Wildman–Crippen LogP) is 1.58. The standard InChI is InChI=1S/C14H26N2OS/c1-12-8-18-7-5-16(12)10-14(4-6-17-11-14)9-15-13-2-3-13/h12-13,15H,2-11H2,1H3. The van der Waals surface area contributed by atoms with Gasteiger partial charge >= 0.3 is 0 Å². The first-order valence-corrected chi connectivity index (χ1v) is 8.56. The topological polar surface area (TPSA) is 24.5 Å². The van der Waals surface area contributed by atoms with Crippen molar-refractivity contribution in [3.05, 3.63) is 0 Å². The molecule has 3 rings (SSSR count). The van der Waals surface area contributed by atoms with E-state index in [1.807, 2.05) is 0 Å². The molecule has 0 radical (unpaired) electrons. The molecule has 0 spiro atoms. The summed E-state index contributed by atoms with van der Waals surface area (Å²) in [6, 6.07) is 1.55. The maximum atomic E-state index is 5.72. The summed E-state index contributed by atoms with van der Waals surface area (Å²) in [5.41, 5.74) is 0.388. The Kier molecular flexibility index (Phi) is 4.18. The highest BCUT2D eigenvalue weighted by molar-refractivity contribution is 7.99. The maximum absolute atomic E-state index is 5.72. The Balaban J connectivity index is 1.57. The molecule has 0 bridgehead atoms. The van der Waals surface area contributed by atoms with Crippen LogP contribution in [0.4, 0.5) is 0 Å². The fraction of sp³-hybridized carbons (Fsp3) is 1.00. The monoisotopic (exact) mass is 270 g/mol. The molecule has 3 nitrogen and oxygen atoms in total.